The van der Waals surface area contributed by atoms with Crippen molar-refractivity contribution in [1.82, 2.24) is 9.88 Å². The molecule has 0 saturated heterocycles. The van der Waals surface area contributed by atoms with Gasteiger partial charge in [-0.25, -0.2) is 13.6 Å². The maximum atomic E-state index is 13.3. The van der Waals surface area contributed by atoms with Crippen LogP contribution in [0, 0.1) is 10.1 Å². The van der Waals surface area contributed by atoms with Gasteiger partial charge in [-0.05, 0) is 37.9 Å². The number of carbonyl (C=O) groups excluding carboxylic acids is 2. The van der Waals surface area contributed by atoms with E-state index >= 15 is 0 Å². The van der Waals surface area contributed by atoms with E-state index in [0.717, 1.165) is 17.4 Å². The first-order chi connectivity index (χ1) is 17.5. The third-order valence-corrected chi connectivity index (χ3v) is 5.77. The van der Waals surface area contributed by atoms with Gasteiger partial charge in [0.05, 0.1) is 10.5 Å². The molecule has 1 atom stereocenters. The van der Waals surface area contributed by atoms with Gasteiger partial charge in [0.15, 0.2) is 5.06 Å². The number of nitrogens with two attached hydrogens (primary N) is 1. The lowest BCUT2D eigenvalue weighted by Gasteiger charge is -2.14. The van der Waals surface area contributed by atoms with Crippen molar-refractivity contribution in [2.24, 2.45) is 5.73 Å². The van der Waals surface area contributed by atoms with Gasteiger partial charge in [0, 0.05) is 35.2 Å². The minimum Gasteiger partial charge on any atom is -0.437 e. The zero-order chi connectivity index (χ0) is 27.3. The number of aromatic nitrogens is 1. The number of thiophene rings is 1. The van der Waals surface area contributed by atoms with Crippen LogP contribution in [0.4, 0.5) is 29.5 Å². The number of anilines is 1. The standard InChI is InChI=1S/C22H20F3N5O6S/c1-29(2)10-13-16(20(31)28-14-4-3-5-15(27-14)35-19(25)18(23)24)21(36-22(26)32)37-17(13)11-6-8-12(9-7-11)30(33)34/h3-9,18-19H,10H2,1-2H3,(H2,26,32)(H,27,28,31). The molecule has 196 valence electrons. The van der Waals surface area contributed by atoms with Crippen LogP contribution in [-0.4, -0.2) is 53.7 Å². The van der Waals surface area contributed by atoms with Crippen molar-refractivity contribution in [3.05, 3.63) is 63.7 Å². The number of hydrogen-bond acceptors (Lipinski definition) is 9. The van der Waals surface area contributed by atoms with Crippen LogP contribution in [0.15, 0.2) is 42.5 Å². The highest BCUT2D eigenvalue weighted by Crippen LogP contribution is 2.43. The number of non-ortho nitro benzene ring substituents is 1. The SMILES string of the molecule is CN(C)Cc1c(-c2ccc([N+](=O)[O-])cc2)sc(OC(N)=O)c1C(=O)Nc1cccc(OC(F)C(F)F)n1. The lowest BCUT2D eigenvalue weighted by molar-refractivity contribution is -0.384. The topological polar surface area (TPSA) is 150 Å². The first kappa shape index (κ1) is 27.3. The van der Waals surface area contributed by atoms with E-state index in [9.17, 15) is 32.9 Å². The molecule has 2 amide bonds. The van der Waals surface area contributed by atoms with Gasteiger partial charge in [-0.1, -0.05) is 17.4 Å². The number of amides is 2. The molecule has 2 heterocycles. The summed E-state index contributed by atoms with van der Waals surface area (Å²) in [5.41, 5.74) is 5.89. The van der Waals surface area contributed by atoms with Gasteiger partial charge in [0.1, 0.15) is 5.82 Å². The number of alkyl halides is 3. The summed E-state index contributed by atoms with van der Waals surface area (Å²) in [4.78, 5) is 41.4. The fourth-order valence-electron chi connectivity index (χ4n) is 3.17. The fourth-order valence-corrected chi connectivity index (χ4v) is 4.34. The van der Waals surface area contributed by atoms with Crippen molar-refractivity contribution in [3.63, 3.8) is 0 Å². The van der Waals surface area contributed by atoms with Crippen molar-refractivity contribution < 1.29 is 37.2 Å². The van der Waals surface area contributed by atoms with Crippen molar-refractivity contribution in [1.29, 1.82) is 0 Å². The number of rotatable bonds is 10. The lowest BCUT2D eigenvalue weighted by atomic mass is 10.0. The number of ether oxygens (including phenoxy) is 2. The van der Waals surface area contributed by atoms with E-state index in [4.69, 9.17) is 10.5 Å². The molecule has 2 aromatic heterocycles. The summed E-state index contributed by atoms with van der Waals surface area (Å²) in [6, 6.07) is 9.28. The van der Waals surface area contributed by atoms with E-state index in [2.05, 4.69) is 15.0 Å². The highest BCUT2D eigenvalue weighted by Gasteiger charge is 2.28. The Morgan fingerprint density at radius 3 is 2.43 bits per heavy atom. The zero-order valence-corrected chi connectivity index (χ0v) is 20.1. The Kier molecular flexibility index (Phi) is 8.62. The van der Waals surface area contributed by atoms with E-state index in [1.807, 2.05) is 0 Å². The summed E-state index contributed by atoms with van der Waals surface area (Å²) >= 11 is 0.919. The van der Waals surface area contributed by atoms with Crippen LogP contribution >= 0.6 is 11.3 Å². The number of nitro benzene ring substituents is 1. The van der Waals surface area contributed by atoms with Crippen LogP contribution < -0.4 is 20.5 Å². The maximum Gasteiger partial charge on any atom is 0.410 e. The molecule has 0 bridgehead atoms. The van der Waals surface area contributed by atoms with Gasteiger partial charge in [0.25, 0.3) is 18.0 Å². The largest absolute Gasteiger partial charge is 0.437 e. The number of hydrogen-bond donors (Lipinski definition) is 2. The molecule has 11 nitrogen and oxygen atoms in total. The maximum absolute atomic E-state index is 13.3. The molecular weight excluding hydrogens is 519 g/mol. The van der Waals surface area contributed by atoms with Crippen molar-refractivity contribution in [2.75, 3.05) is 19.4 Å². The Bertz CT molecular complexity index is 1300. The first-order valence-electron chi connectivity index (χ1n) is 10.4. The summed E-state index contributed by atoms with van der Waals surface area (Å²) in [5.74, 6) is -1.45. The van der Waals surface area contributed by atoms with E-state index in [1.54, 1.807) is 19.0 Å². The Morgan fingerprint density at radius 1 is 1.19 bits per heavy atom. The van der Waals surface area contributed by atoms with Crippen LogP contribution in [0.3, 0.4) is 0 Å². The molecule has 0 aliphatic heterocycles. The van der Waals surface area contributed by atoms with Crippen LogP contribution in [0.2, 0.25) is 0 Å². The summed E-state index contributed by atoms with van der Waals surface area (Å²) in [7, 11) is 3.46. The lowest BCUT2D eigenvalue weighted by Crippen LogP contribution is -2.22. The molecule has 0 radical (unpaired) electrons. The molecule has 0 saturated carbocycles. The molecule has 0 aliphatic rings. The normalized spacial score (nSPS) is 11.9. The predicted molar refractivity (Wildman–Crippen MR) is 128 cm³/mol. The van der Waals surface area contributed by atoms with Crippen LogP contribution in [0.1, 0.15) is 15.9 Å². The molecule has 3 rings (SSSR count). The summed E-state index contributed by atoms with van der Waals surface area (Å²) in [6.45, 7) is 0.183. The Balaban J connectivity index is 2.04. The average molecular weight is 539 g/mol. The monoisotopic (exact) mass is 539 g/mol. The van der Waals surface area contributed by atoms with Gasteiger partial charge in [-0.2, -0.15) is 9.37 Å². The highest BCUT2D eigenvalue weighted by molar-refractivity contribution is 7.18. The number of carbonyl (C=O) groups is 2. The number of nitrogens with zero attached hydrogens (tertiary/aromatic N) is 3. The molecule has 1 unspecified atom stereocenters. The van der Waals surface area contributed by atoms with Gasteiger partial charge < -0.3 is 25.4 Å². The molecule has 0 fully saturated rings. The summed E-state index contributed by atoms with van der Waals surface area (Å²) < 4.78 is 47.7. The van der Waals surface area contributed by atoms with Gasteiger partial charge in [0.2, 0.25) is 5.88 Å². The Hall–Kier alpha value is -4.24. The molecular formula is C22H20F3N5O6S. The number of primary amides is 1. The van der Waals surface area contributed by atoms with E-state index in [1.165, 1.54) is 36.4 Å². The van der Waals surface area contributed by atoms with Crippen LogP contribution in [0.5, 0.6) is 10.9 Å². The summed E-state index contributed by atoms with van der Waals surface area (Å²) in [5, 5.41) is 13.3. The number of nitrogens with one attached hydrogen (secondary N) is 1. The fraction of sp³-hybridized carbons (Fsp3) is 0.227. The van der Waals surface area contributed by atoms with Crippen molar-refractivity contribution in [2.45, 2.75) is 19.3 Å². The number of benzene rings is 1. The molecule has 1 aromatic carbocycles. The van der Waals surface area contributed by atoms with E-state index in [-0.39, 0.29) is 28.7 Å². The molecule has 0 spiro atoms. The Morgan fingerprint density at radius 2 is 1.86 bits per heavy atom. The quantitative estimate of drug-likeness (QED) is 0.284. The van der Waals surface area contributed by atoms with Gasteiger partial charge in [-0.3, -0.25) is 14.9 Å². The highest BCUT2D eigenvalue weighted by atomic mass is 32.1. The summed E-state index contributed by atoms with van der Waals surface area (Å²) in [6.07, 6.45) is -7.50. The second-order valence-electron chi connectivity index (χ2n) is 7.65. The van der Waals surface area contributed by atoms with E-state index in [0.29, 0.717) is 16.0 Å². The number of halogens is 3. The second kappa shape index (κ2) is 11.7. The molecule has 3 N–H and O–H groups in total. The minimum atomic E-state index is -3.40. The number of pyridine rings is 1. The Labute approximate surface area is 211 Å². The van der Waals surface area contributed by atoms with Gasteiger partial charge >= 0.3 is 12.5 Å². The molecule has 3 aromatic rings. The first-order valence-corrected chi connectivity index (χ1v) is 11.2. The molecule has 0 aliphatic carbocycles. The van der Waals surface area contributed by atoms with Crippen LogP contribution in [-0.2, 0) is 6.54 Å². The third-order valence-electron chi connectivity index (χ3n) is 4.61. The van der Waals surface area contributed by atoms with Crippen molar-refractivity contribution >= 4 is 34.8 Å². The number of nitro groups is 1. The van der Waals surface area contributed by atoms with Gasteiger partial charge in [-0.15, -0.1) is 0 Å². The zero-order valence-electron chi connectivity index (χ0n) is 19.3. The average Bonchev–Trinajstić information content (AvgIpc) is 3.15. The minimum absolute atomic E-state index is 0.0741. The third kappa shape index (κ3) is 6.92. The predicted octanol–water partition coefficient (Wildman–Crippen LogP) is 4.43. The smallest absolute Gasteiger partial charge is 0.410 e. The van der Waals surface area contributed by atoms with E-state index < -0.39 is 35.6 Å². The van der Waals surface area contributed by atoms with Crippen molar-refractivity contribution in [3.8, 4) is 21.4 Å². The molecule has 37 heavy (non-hydrogen) atoms. The second-order valence-corrected chi connectivity index (χ2v) is 8.64. The van der Waals surface area contributed by atoms with Crippen LogP contribution in [0.25, 0.3) is 10.4 Å². The molecule has 15 heteroatoms.